The van der Waals surface area contributed by atoms with Crippen LogP contribution >= 0.6 is 0 Å². The maximum Gasteiger partial charge on any atom is 0.134 e. The molecular weight excluding hydrogens is 144 g/mol. The quantitative estimate of drug-likeness (QED) is 0.425. The molecule has 11 heavy (non-hydrogen) atoms. The first-order valence-corrected chi connectivity index (χ1v) is 3.91. The van der Waals surface area contributed by atoms with Crippen LogP contribution in [0.15, 0.2) is 0 Å². The highest BCUT2D eigenvalue weighted by atomic mass is 16.5. The number of ether oxygens (including phenoxy) is 1. The van der Waals surface area contributed by atoms with Crippen LogP contribution in [0.4, 0.5) is 0 Å². The average molecular weight is 160 g/mol. The molecule has 1 heterocycles. The summed E-state index contributed by atoms with van der Waals surface area (Å²) in [7, 11) is 3.40. The van der Waals surface area contributed by atoms with E-state index in [-0.39, 0.29) is 4.65 Å². The summed E-state index contributed by atoms with van der Waals surface area (Å²) in [6, 6.07) is 0. The summed E-state index contributed by atoms with van der Waals surface area (Å²) < 4.78 is 4.80. The number of nitrogens with zero attached hydrogens (tertiary/aromatic N) is 2. The van der Waals surface area contributed by atoms with Crippen LogP contribution in [0.1, 0.15) is 0 Å². The summed E-state index contributed by atoms with van der Waals surface area (Å²) in [6.07, 6.45) is 0. The number of quaternary nitrogens is 1. The second-order valence-electron chi connectivity index (χ2n) is 3.27. The van der Waals surface area contributed by atoms with Gasteiger partial charge in [-0.15, -0.1) is 0 Å². The standard InChI is InChI=1S/C7H16N2O2/c1-9(10)5-3-8(7-9)4-6-11-2/h3-7H2,1-2H3. The van der Waals surface area contributed by atoms with Crippen molar-refractivity contribution in [1.29, 1.82) is 0 Å². The van der Waals surface area contributed by atoms with E-state index in [1.54, 1.807) is 14.2 Å². The van der Waals surface area contributed by atoms with E-state index in [2.05, 4.69) is 4.90 Å². The predicted molar refractivity (Wildman–Crippen MR) is 42.7 cm³/mol. The molecule has 1 rings (SSSR count). The van der Waals surface area contributed by atoms with Crippen molar-refractivity contribution in [3.8, 4) is 0 Å². The summed E-state index contributed by atoms with van der Waals surface area (Å²) in [5.41, 5.74) is 0. The largest absolute Gasteiger partial charge is 0.632 e. The van der Waals surface area contributed by atoms with Gasteiger partial charge in [-0.3, -0.25) is 0 Å². The van der Waals surface area contributed by atoms with E-state index in [1.165, 1.54) is 0 Å². The predicted octanol–water partition coefficient (Wildman–Crippen LogP) is -0.150. The number of hydrogen-bond acceptors (Lipinski definition) is 3. The van der Waals surface area contributed by atoms with Crippen molar-refractivity contribution < 1.29 is 9.38 Å². The topological polar surface area (TPSA) is 35.5 Å². The molecule has 0 N–H and O–H groups in total. The second-order valence-corrected chi connectivity index (χ2v) is 3.27. The van der Waals surface area contributed by atoms with Gasteiger partial charge in [-0.1, -0.05) is 0 Å². The Bertz CT molecular complexity index is 128. The Hall–Kier alpha value is -0.160. The fourth-order valence-corrected chi connectivity index (χ4v) is 1.32. The first-order chi connectivity index (χ1) is 5.14. The minimum absolute atomic E-state index is 0.121. The van der Waals surface area contributed by atoms with Crippen molar-refractivity contribution in [2.75, 3.05) is 47.1 Å². The number of methoxy groups -OCH3 is 1. The molecule has 1 atom stereocenters. The molecule has 66 valence electrons. The van der Waals surface area contributed by atoms with Gasteiger partial charge in [0.15, 0.2) is 0 Å². The molecule has 1 saturated heterocycles. The zero-order valence-electron chi connectivity index (χ0n) is 7.25. The molecule has 0 radical (unpaired) electrons. The van der Waals surface area contributed by atoms with Gasteiger partial charge in [0, 0.05) is 13.7 Å². The number of hydroxylamine groups is 3. The third kappa shape index (κ3) is 2.75. The summed E-state index contributed by atoms with van der Waals surface area (Å²) in [5.74, 6) is 0. The highest BCUT2D eigenvalue weighted by Gasteiger charge is 2.24. The molecule has 0 aromatic carbocycles. The molecule has 0 saturated carbocycles. The van der Waals surface area contributed by atoms with E-state index < -0.39 is 0 Å². The molecule has 0 bridgehead atoms. The Morgan fingerprint density at radius 2 is 2.36 bits per heavy atom. The first kappa shape index (κ1) is 8.93. The first-order valence-electron chi connectivity index (χ1n) is 3.91. The molecule has 4 heteroatoms. The van der Waals surface area contributed by atoms with Gasteiger partial charge in [0.1, 0.15) is 6.67 Å². The summed E-state index contributed by atoms with van der Waals surface area (Å²) in [6.45, 7) is 3.84. The Morgan fingerprint density at radius 3 is 2.82 bits per heavy atom. The Morgan fingerprint density at radius 1 is 1.64 bits per heavy atom. The van der Waals surface area contributed by atoms with Gasteiger partial charge in [-0.2, -0.15) is 0 Å². The van der Waals surface area contributed by atoms with Crippen molar-refractivity contribution >= 4 is 0 Å². The summed E-state index contributed by atoms with van der Waals surface area (Å²) >= 11 is 0. The third-order valence-electron chi connectivity index (χ3n) is 2.00. The van der Waals surface area contributed by atoms with Gasteiger partial charge >= 0.3 is 0 Å². The number of rotatable bonds is 3. The molecule has 1 fully saturated rings. The lowest BCUT2D eigenvalue weighted by Gasteiger charge is -2.33. The van der Waals surface area contributed by atoms with Crippen LogP contribution in [-0.2, 0) is 4.74 Å². The highest BCUT2D eigenvalue weighted by molar-refractivity contribution is 4.59. The fraction of sp³-hybridized carbons (Fsp3) is 1.00. The van der Waals surface area contributed by atoms with Crippen molar-refractivity contribution in [1.82, 2.24) is 4.90 Å². The maximum atomic E-state index is 11.3. The van der Waals surface area contributed by atoms with Gasteiger partial charge in [0.05, 0.1) is 26.7 Å². The van der Waals surface area contributed by atoms with Crippen molar-refractivity contribution in [2.24, 2.45) is 0 Å². The van der Waals surface area contributed by atoms with E-state index in [9.17, 15) is 5.21 Å². The lowest BCUT2D eigenvalue weighted by molar-refractivity contribution is -0.852. The highest BCUT2D eigenvalue weighted by Crippen LogP contribution is 2.09. The maximum absolute atomic E-state index is 11.3. The Labute approximate surface area is 67.5 Å². The molecule has 0 aliphatic carbocycles. The van der Waals surface area contributed by atoms with Crippen LogP contribution in [0.25, 0.3) is 0 Å². The van der Waals surface area contributed by atoms with E-state index in [4.69, 9.17) is 4.74 Å². The van der Waals surface area contributed by atoms with Crippen LogP contribution in [0.5, 0.6) is 0 Å². The van der Waals surface area contributed by atoms with Crippen molar-refractivity contribution in [3.63, 3.8) is 0 Å². The molecule has 1 unspecified atom stereocenters. The van der Waals surface area contributed by atoms with E-state index >= 15 is 0 Å². The van der Waals surface area contributed by atoms with Crippen LogP contribution in [-0.4, -0.2) is 56.6 Å². The lowest BCUT2D eigenvalue weighted by Crippen LogP contribution is -2.37. The molecule has 0 aromatic heterocycles. The van der Waals surface area contributed by atoms with Crippen molar-refractivity contribution in [3.05, 3.63) is 5.21 Å². The second kappa shape index (κ2) is 3.49. The molecule has 0 spiro atoms. The van der Waals surface area contributed by atoms with Crippen LogP contribution in [0.3, 0.4) is 0 Å². The van der Waals surface area contributed by atoms with Gasteiger partial charge in [0.25, 0.3) is 0 Å². The molecule has 1 aliphatic rings. The zero-order chi connectivity index (χ0) is 8.32. The molecule has 0 aromatic rings. The summed E-state index contributed by atoms with van der Waals surface area (Å²) in [5, 5.41) is 11.3. The van der Waals surface area contributed by atoms with E-state index in [0.29, 0.717) is 13.2 Å². The van der Waals surface area contributed by atoms with Crippen LogP contribution < -0.4 is 0 Å². The molecule has 0 amide bonds. The van der Waals surface area contributed by atoms with Gasteiger partial charge < -0.3 is 14.6 Å². The number of likely N-dealkylation sites (N-methyl/N-ethyl adjacent to an activating group) is 1. The minimum atomic E-state index is -0.121. The van der Waals surface area contributed by atoms with Gasteiger partial charge in [-0.05, 0) is 0 Å². The van der Waals surface area contributed by atoms with E-state index in [0.717, 1.165) is 19.7 Å². The molecule has 4 nitrogen and oxygen atoms in total. The minimum Gasteiger partial charge on any atom is -0.632 e. The number of hydrogen-bond donors (Lipinski definition) is 0. The van der Waals surface area contributed by atoms with Crippen molar-refractivity contribution in [2.45, 2.75) is 0 Å². The molecular formula is C7H16N2O2. The smallest absolute Gasteiger partial charge is 0.134 e. The zero-order valence-corrected chi connectivity index (χ0v) is 7.25. The monoisotopic (exact) mass is 160 g/mol. The van der Waals surface area contributed by atoms with Crippen LogP contribution in [0.2, 0.25) is 0 Å². The van der Waals surface area contributed by atoms with Crippen LogP contribution in [0, 0.1) is 5.21 Å². The van der Waals surface area contributed by atoms with E-state index in [1.807, 2.05) is 0 Å². The Balaban J connectivity index is 2.20. The summed E-state index contributed by atoms with van der Waals surface area (Å²) in [4.78, 5) is 2.14. The SMILES string of the molecule is COCCN1CC[N+](C)([O-])C1. The Kier molecular flexibility index (Phi) is 2.84. The third-order valence-corrected chi connectivity index (χ3v) is 2.00. The normalized spacial score (nSPS) is 33.0. The lowest BCUT2D eigenvalue weighted by atomic mass is 10.5. The molecule has 1 aliphatic heterocycles. The van der Waals surface area contributed by atoms with Gasteiger partial charge in [0.2, 0.25) is 0 Å². The average Bonchev–Trinajstić information content (AvgIpc) is 2.26. The van der Waals surface area contributed by atoms with Gasteiger partial charge in [-0.25, -0.2) is 4.90 Å². The fourth-order valence-electron chi connectivity index (χ4n) is 1.32.